The zero-order chi connectivity index (χ0) is 24.3. The van der Waals surface area contributed by atoms with Gasteiger partial charge in [0.25, 0.3) is 0 Å². The Morgan fingerprint density at radius 2 is 0.844 bits per heavy atom. The molecule has 0 aromatic heterocycles. The zero-order valence-corrected chi connectivity index (χ0v) is 20.0. The Morgan fingerprint density at radius 3 is 1.06 bits per heavy atom. The molecule has 0 unspecified atom stereocenters. The molecular weight excluding hydrogens is 676 g/mol. The molecule has 0 spiro atoms. The Labute approximate surface area is 192 Å². The van der Waals surface area contributed by atoms with E-state index in [1.807, 2.05) is 0 Å². The van der Waals surface area contributed by atoms with Crippen LogP contribution in [0.4, 0.5) is 0 Å². The summed E-state index contributed by atoms with van der Waals surface area (Å²) in [7, 11) is 0. The normalized spacial score (nSPS) is 29.3. The summed E-state index contributed by atoms with van der Waals surface area (Å²) >= 11 is -9.20. The van der Waals surface area contributed by atoms with Crippen molar-refractivity contribution < 1.29 is 77.5 Å². The summed E-state index contributed by atoms with van der Waals surface area (Å²) in [6.07, 6.45) is -14.9. The second-order valence-electron chi connectivity index (χ2n) is 5.58. The van der Waals surface area contributed by atoms with Gasteiger partial charge >= 0.3 is 193 Å². The fourth-order valence-electron chi connectivity index (χ4n) is 1.65. The molecule has 0 saturated carbocycles. The van der Waals surface area contributed by atoms with Crippen LogP contribution in [0.3, 0.4) is 0 Å². The van der Waals surface area contributed by atoms with Crippen LogP contribution in [0.15, 0.2) is 0 Å². The molecule has 0 aliphatic carbocycles. The van der Waals surface area contributed by atoms with Gasteiger partial charge in [-0.05, 0) is 0 Å². The molecule has 0 bridgehead atoms. The van der Waals surface area contributed by atoms with Crippen LogP contribution in [0.5, 0.6) is 0 Å². The second-order valence-corrected chi connectivity index (χ2v) is 11.3. The van der Waals surface area contributed by atoms with Crippen molar-refractivity contribution in [3.8, 4) is 0 Å². The zero-order valence-electron chi connectivity index (χ0n) is 14.9. The summed E-state index contributed by atoms with van der Waals surface area (Å²) in [5.41, 5.74) is 0. The van der Waals surface area contributed by atoms with Gasteiger partial charge in [0, 0.05) is 0 Å². The molecule has 32 heavy (non-hydrogen) atoms. The van der Waals surface area contributed by atoms with Crippen molar-refractivity contribution in [1.29, 1.82) is 0 Å². The van der Waals surface area contributed by atoms with Crippen molar-refractivity contribution in [2.24, 2.45) is 0 Å². The molecule has 0 amide bonds. The fourth-order valence-corrected chi connectivity index (χ4v) is 6.65. The standard InChI is InChI=1S/3C4H6O6.2Sb/c3*5-1(3(7)8)2(6)4(9)10;;/h3*1-2,5-6H,(H,7,8)(H,9,10);;/q;;;2*+3/p-6/t3*1-,2-;;/m110../s1. The predicted molar refractivity (Wildman–Crippen MR) is 84.1 cm³/mol. The number of aliphatic hydroxyl groups is 6. The van der Waals surface area contributed by atoms with Gasteiger partial charge in [-0.2, -0.15) is 0 Å². The van der Waals surface area contributed by atoms with Crippen molar-refractivity contribution in [2.45, 2.75) is 36.6 Å². The minimum absolute atomic E-state index is 1.58. The van der Waals surface area contributed by atoms with Gasteiger partial charge in [0.15, 0.2) is 0 Å². The molecule has 20 heteroatoms. The number of rotatable bonds is 5. The van der Waals surface area contributed by atoms with Crippen LogP contribution in [-0.4, -0.2) is 146 Å². The van der Waals surface area contributed by atoms with Crippen LogP contribution in [0.2, 0.25) is 0 Å². The maximum atomic E-state index is 11.9. The van der Waals surface area contributed by atoms with Crippen LogP contribution in [0.1, 0.15) is 0 Å². The third-order valence-electron chi connectivity index (χ3n) is 3.33. The van der Waals surface area contributed by atoms with E-state index in [-0.39, 0.29) is 0 Å². The van der Waals surface area contributed by atoms with E-state index in [4.69, 9.17) is 0 Å². The number of carbonyl (C=O) groups is 6. The van der Waals surface area contributed by atoms with E-state index >= 15 is 0 Å². The third-order valence-corrected chi connectivity index (χ3v) is 8.97. The van der Waals surface area contributed by atoms with Crippen LogP contribution >= 0.6 is 0 Å². The Kier molecular flexibility index (Phi) is 9.01. The maximum absolute atomic E-state index is 11.9. The fraction of sp³-hybridized carbons (Fsp3) is 0.500. The summed E-state index contributed by atoms with van der Waals surface area (Å²) in [6.45, 7) is 0. The number of hydrogen-bond donors (Lipinski definition) is 6. The molecule has 178 valence electrons. The predicted octanol–water partition coefficient (Wildman–Crippen LogP) is -7.59. The first-order valence-electron chi connectivity index (χ1n) is 7.83. The third kappa shape index (κ3) is 6.17. The number of aliphatic hydroxyl groups excluding tert-OH is 6. The molecule has 2 aliphatic rings. The first kappa shape index (κ1) is 26.5. The average Bonchev–Trinajstić information content (AvgIpc) is 2.88. The van der Waals surface area contributed by atoms with Crippen LogP contribution in [0.25, 0.3) is 0 Å². The SMILES string of the molecule is O=C1[O][Sb]([O]C(=O)[C@H](O)[C@@H](O)C(=O)[O][Sb]2[O]C(=O)[C@H](O)[C@@H](O)C(=O)[O]2)[O]C(=O)[C@@H](O)[C@@H]1O. The van der Waals surface area contributed by atoms with Crippen LogP contribution < -0.4 is 0 Å². The monoisotopic (exact) mass is 686 g/mol. The summed E-state index contributed by atoms with van der Waals surface area (Å²) in [4.78, 5) is 69.4. The number of carbonyl (C=O) groups excluding carboxylic acids is 6. The molecular formula is C12H12O18Sb2. The van der Waals surface area contributed by atoms with Gasteiger partial charge in [-0.1, -0.05) is 0 Å². The molecule has 2 aliphatic heterocycles. The molecule has 2 rings (SSSR count). The Bertz CT molecular complexity index is 704. The quantitative estimate of drug-likeness (QED) is 0.146. The summed E-state index contributed by atoms with van der Waals surface area (Å²) in [5, 5.41) is 56.5. The molecule has 0 aromatic carbocycles. The number of hydrogen-bond acceptors (Lipinski definition) is 18. The molecule has 6 atom stereocenters. The molecule has 0 aromatic rings. The average molecular weight is 688 g/mol. The van der Waals surface area contributed by atoms with Gasteiger partial charge in [0.05, 0.1) is 0 Å². The van der Waals surface area contributed by atoms with E-state index in [2.05, 4.69) is 18.1 Å². The van der Waals surface area contributed by atoms with Crippen molar-refractivity contribution in [2.75, 3.05) is 0 Å². The van der Waals surface area contributed by atoms with E-state index < -0.39 is 115 Å². The molecule has 2 heterocycles. The van der Waals surface area contributed by atoms with Crippen LogP contribution in [0, 0.1) is 0 Å². The van der Waals surface area contributed by atoms with Gasteiger partial charge in [0.1, 0.15) is 0 Å². The molecule has 2 fully saturated rings. The first-order valence-corrected chi connectivity index (χ1v) is 14.1. The topological polar surface area (TPSA) is 279 Å². The summed E-state index contributed by atoms with van der Waals surface area (Å²) in [6, 6.07) is 0. The van der Waals surface area contributed by atoms with E-state index in [0.717, 1.165) is 0 Å². The van der Waals surface area contributed by atoms with E-state index in [9.17, 15) is 59.4 Å². The van der Waals surface area contributed by atoms with E-state index in [0.29, 0.717) is 0 Å². The molecule has 0 radical (unpaired) electrons. The van der Waals surface area contributed by atoms with Gasteiger partial charge < -0.3 is 0 Å². The van der Waals surface area contributed by atoms with E-state index in [1.54, 1.807) is 0 Å². The molecule has 18 nitrogen and oxygen atoms in total. The first-order chi connectivity index (χ1) is 14.8. The molecule has 2 saturated heterocycles. The van der Waals surface area contributed by atoms with Crippen molar-refractivity contribution in [1.82, 2.24) is 0 Å². The Balaban J connectivity index is 1.97. The van der Waals surface area contributed by atoms with Gasteiger partial charge in [-0.15, -0.1) is 0 Å². The minimum atomic E-state index is -4.60. The van der Waals surface area contributed by atoms with Gasteiger partial charge in [-0.3, -0.25) is 0 Å². The van der Waals surface area contributed by atoms with Gasteiger partial charge in [0.2, 0.25) is 0 Å². The van der Waals surface area contributed by atoms with Crippen LogP contribution in [-0.2, 0) is 46.9 Å². The van der Waals surface area contributed by atoms with Crippen molar-refractivity contribution in [3.05, 3.63) is 0 Å². The van der Waals surface area contributed by atoms with Crippen molar-refractivity contribution >= 4 is 78.8 Å². The summed E-state index contributed by atoms with van der Waals surface area (Å²) in [5.74, 6) is -10.1. The Morgan fingerprint density at radius 1 is 0.625 bits per heavy atom. The second kappa shape index (κ2) is 10.9. The molecule has 6 N–H and O–H groups in total. The Hall–Kier alpha value is -1.78. The summed E-state index contributed by atoms with van der Waals surface area (Å²) < 4.78 is 26.4. The van der Waals surface area contributed by atoms with Crippen molar-refractivity contribution in [3.63, 3.8) is 0 Å². The van der Waals surface area contributed by atoms with Gasteiger partial charge in [-0.25, -0.2) is 0 Å². The van der Waals surface area contributed by atoms with E-state index in [1.165, 1.54) is 0 Å².